The third-order valence-electron chi connectivity index (χ3n) is 3.55. The zero-order chi connectivity index (χ0) is 13.5. The first-order valence-corrected chi connectivity index (χ1v) is 7.19. The summed E-state index contributed by atoms with van der Waals surface area (Å²) in [4.78, 5) is 0. The van der Waals surface area contributed by atoms with Gasteiger partial charge in [-0.2, -0.15) is 0 Å². The highest BCUT2D eigenvalue weighted by Gasteiger charge is 2.06. The smallest absolute Gasteiger partial charge is 0.0483 e. The molecule has 2 aromatic rings. The summed E-state index contributed by atoms with van der Waals surface area (Å²) >= 11 is 0. The third-order valence-corrected chi connectivity index (χ3v) is 3.55. The number of aromatic nitrogens is 1. The second-order valence-corrected chi connectivity index (χ2v) is 5.03. The molecule has 0 saturated carbocycles. The Morgan fingerprint density at radius 2 is 1.89 bits per heavy atom. The molecule has 0 bridgehead atoms. The Balaban J connectivity index is 2.05. The molecule has 0 unspecified atom stereocenters. The van der Waals surface area contributed by atoms with E-state index in [-0.39, 0.29) is 0 Å². The van der Waals surface area contributed by atoms with Gasteiger partial charge in [-0.05, 0) is 31.5 Å². The molecule has 19 heavy (non-hydrogen) atoms. The van der Waals surface area contributed by atoms with E-state index in [1.807, 2.05) is 7.05 Å². The maximum Gasteiger partial charge on any atom is 0.0483 e. The molecule has 0 aliphatic heterocycles. The van der Waals surface area contributed by atoms with E-state index in [0.717, 1.165) is 25.9 Å². The van der Waals surface area contributed by atoms with Crippen molar-refractivity contribution in [1.82, 2.24) is 9.88 Å². The largest absolute Gasteiger partial charge is 0.396 e. The average Bonchev–Trinajstić information content (AvgIpc) is 2.78. The summed E-state index contributed by atoms with van der Waals surface area (Å²) < 4.78 is 2.36. The number of aryl methyl sites for hydroxylation is 1. The molecule has 2 rings (SSSR count). The Morgan fingerprint density at radius 1 is 1.11 bits per heavy atom. The molecular formula is C16H24N2O. The highest BCUT2D eigenvalue weighted by Crippen LogP contribution is 2.21. The van der Waals surface area contributed by atoms with Crippen molar-refractivity contribution in [3.8, 4) is 0 Å². The van der Waals surface area contributed by atoms with E-state index in [2.05, 4.69) is 40.3 Å². The van der Waals surface area contributed by atoms with Crippen LogP contribution < -0.4 is 5.32 Å². The highest BCUT2D eigenvalue weighted by atomic mass is 16.2. The number of hydrogen-bond acceptors (Lipinski definition) is 2. The van der Waals surface area contributed by atoms with Gasteiger partial charge < -0.3 is 15.0 Å². The molecule has 3 nitrogen and oxygen atoms in total. The van der Waals surface area contributed by atoms with E-state index in [4.69, 9.17) is 5.11 Å². The molecular weight excluding hydrogens is 236 g/mol. The number of nitrogens with zero attached hydrogens (tertiary/aromatic N) is 1. The Hall–Kier alpha value is -1.32. The first kappa shape index (κ1) is 14.1. The van der Waals surface area contributed by atoms with Crippen LogP contribution in [0.15, 0.2) is 30.5 Å². The molecule has 0 fully saturated rings. The van der Waals surface area contributed by atoms with E-state index in [0.29, 0.717) is 6.61 Å². The van der Waals surface area contributed by atoms with Crippen LogP contribution in [-0.4, -0.2) is 23.3 Å². The van der Waals surface area contributed by atoms with Crippen LogP contribution in [-0.2, 0) is 13.1 Å². The van der Waals surface area contributed by atoms with Gasteiger partial charge in [-0.15, -0.1) is 0 Å². The number of aliphatic hydroxyl groups is 1. The molecule has 1 aromatic heterocycles. The number of nitrogens with one attached hydrogen (secondary N) is 1. The average molecular weight is 260 g/mol. The maximum atomic E-state index is 8.77. The van der Waals surface area contributed by atoms with Crippen molar-refractivity contribution in [2.75, 3.05) is 13.7 Å². The second kappa shape index (κ2) is 7.31. The van der Waals surface area contributed by atoms with E-state index >= 15 is 0 Å². The monoisotopic (exact) mass is 260 g/mol. The van der Waals surface area contributed by atoms with Crippen molar-refractivity contribution in [2.45, 2.75) is 38.8 Å². The van der Waals surface area contributed by atoms with Crippen molar-refractivity contribution < 1.29 is 5.11 Å². The minimum Gasteiger partial charge on any atom is -0.396 e. The Labute approximate surface area is 115 Å². The molecule has 3 heteroatoms. The van der Waals surface area contributed by atoms with E-state index < -0.39 is 0 Å². The number of rotatable bonds is 8. The van der Waals surface area contributed by atoms with Gasteiger partial charge in [-0.3, -0.25) is 0 Å². The van der Waals surface area contributed by atoms with Crippen LogP contribution in [0.4, 0.5) is 0 Å². The fourth-order valence-corrected chi connectivity index (χ4v) is 2.59. The highest BCUT2D eigenvalue weighted by molar-refractivity contribution is 5.83. The molecule has 0 aliphatic carbocycles. The lowest BCUT2D eigenvalue weighted by molar-refractivity contribution is 0.282. The summed E-state index contributed by atoms with van der Waals surface area (Å²) in [5.41, 5.74) is 2.70. The lowest BCUT2D eigenvalue weighted by atomic mass is 10.2. The fourth-order valence-electron chi connectivity index (χ4n) is 2.59. The summed E-state index contributed by atoms with van der Waals surface area (Å²) in [6.07, 6.45) is 6.69. The number of unbranched alkanes of at least 4 members (excludes halogenated alkanes) is 3. The first-order valence-electron chi connectivity index (χ1n) is 7.19. The number of benzene rings is 1. The molecule has 1 heterocycles. The molecule has 0 amide bonds. The summed E-state index contributed by atoms with van der Waals surface area (Å²) in [6, 6.07) is 8.60. The van der Waals surface area contributed by atoms with Crippen molar-refractivity contribution >= 4 is 10.9 Å². The number of hydrogen-bond donors (Lipinski definition) is 2. The predicted octanol–water partition coefficient (Wildman–Crippen LogP) is 2.91. The van der Waals surface area contributed by atoms with Crippen LogP contribution in [0.3, 0.4) is 0 Å². The van der Waals surface area contributed by atoms with Gasteiger partial charge in [0.15, 0.2) is 0 Å². The molecule has 0 saturated heterocycles. The van der Waals surface area contributed by atoms with Gasteiger partial charge >= 0.3 is 0 Å². The Morgan fingerprint density at radius 3 is 2.68 bits per heavy atom. The molecule has 0 spiro atoms. The van der Waals surface area contributed by atoms with Gasteiger partial charge in [-0.1, -0.05) is 31.0 Å². The lowest BCUT2D eigenvalue weighted by Gasteiger charge is -2.04. The van der Waals surface area contributed by atoms with Crippen molar-refractivity contribution in [1.29, 1.82) is 0 Å². The summed E-state index contributed by atoms with van der Waals surface area (Å²) in [5, 5.41) is 13.4. The summed E-state index contributed by atoms with van der Waals surface area (Å²) in [6.45, 7) is 2.30. The van der Waals surface area contributed by atoms with Gasteiger partial charge in [-0.25, -0.2) is 0 Å². The lowest BCUT2D eigenvalue weighted by Crippen LogP contribution is -2.04. The van der Waals surface area contributed by atoms with Crippen LogP contribution in [0.1, 0.15) is 31.2 Å². The topological polar surface area (TPSA) is 37.2 Å². The van der Waals surface area contributed by atoms with E-state index in [9.17, 15) is 0 Å². The summed E-state index contributed by atoms with van der Waals surface area (Å²) in [7, 11) is 1.99. The first-order chi connectivity index (χ1) is 9.36. The maximum absolute atomic E-state index is 8.77. The fraction of sp³-hybridized carbons (Fsp3) is 0.500. The molecule has 2 N–H and O–H groups in total. The minimum atomic E-state index is 0.318. The van der Waals surface area contributed by atoms with Crippen molar-refractivity contribution in [2.24, 2.45) is 0 Å². The number of aliphatic hydroxyl groups excluding tert-OH is 1. The van der Waals surface area contributed by atoms with Gasteiger partial charge in [0, 0.05) is 36.8 Å². The van der Waals surface area contributed by atoms with Gasteiger partial charge in [0.1, 0.15) is 0 Å². The zero-order valence-electron chi connectivity index (χ0n) is 11.7. The zero-order valence-corrected chi connectivity index (χ0v) is 11.7. The van der Waals surface area contributed by atoms with Gasteiger partial charge in [0.25, 0.3) is 0 Å². The number of para-hydroxylation sites is 1. The van der Waals surface area contributed by atoms with Crippen LogP contribution in [0, 0.1) is 0 Å². The van der Waals surface area contributed by atoms with E-state index in [1.54, 1.807) is 0 Å². The van der Waals surface area contributed by atoms with Crippen LogP contribution in [0.5, 0.6) is 0 Å². The van der Waals surface area contributed by atoms with Crippen molar-refractivity contribution in [3.05, 3.63) is 36.0 Å². The van der Waals surface area contributed by atoms with Crippen LogP contribution >= 0.6 is 0 Å². The molecule has 0 atom stereocenters. The minimum absolute atomic E-state index is 0.318. The standard InChI is InChI=1S/C16H24N2O/c1-17-12-14-13-18(10-6-2-3-7-11-19)16-9-5-4-8-15(14)16/h4-5,8-9,13,17,19H,2-3,6-7,10-12H2,1H3. The van der Waals surface area contributed by atoms with Crippen LogP contribution in [0.25, 0.3) is 10.9 Å². The molecule has 0 aliphatic rings. The summed E-state index contributed by atoms with van der Waals surface area (Å²) in [5.74, 6) is 0. The third kappa shape index (κ3) is 3.58. The quantitative estimate of drug-likeness (QED) is 0.716. The normalized spacial score (nSPS) is 11.3. The van der Waals surface area contributed by atoms with Gasteiger partial charge in [0.05, 0.1) is 0 Å². The predicted molar refractivity (Wildman–Crippen MR) is 80.3 cm³/mol. The Kier molecular flexibility index (Phi) is 5.43. The van der Waals surface area contributed by atoms with Crippen molar-refractivity contribution in [3.63, 3.8) is 0 Å². The number of fused-ring (bicyclic) bond motifs is 1. The second-order valence-electron chi connectivity index (χ2n) is 5.03. The Bertz CT molecular complexity index is 504. The molecule has 1 aromatic carbocycles. The van der Waals surface area contributed by atoms with E-state index in [1.165, 1.54) is 29.3 Å². The molecule has 104 valence electrons. The van der Waals surface area contributed by atoms with Gasteiger partial charge in [0.2, 0.25) is 0 Å². The van der Waals surface area contributed by atoms with Crippen LogP contribution in [0.2, 0.25) is 0 Å². The SMILES string of the molecule is CNCc1cn(CCCCCCO)c2ccccc12. The molecule has 0 radical (unpaired) electrons.